The van der Waals surface area contributed by atoms with Gasteiger partial charge >= 0.3 is 0 Å². The zero-order chi connectivity index (χ0) is 20.5. The van der Waals surface area contributed by atoms with Crippen LogP contribution in [0.1, 0.15) is 34.5 Å². The van der Waals surface area contributed by atoms with Crippen LogP contribution in [0.25, 0.3) is 0 Å². The van der Waals surface area contributed by atoms with E-state index in [1.807, 2.05) is 0 Å². The minimum atomic E-state index is -0.283. The SMILES string of the molecule is O=C(Cn1nc2c(c1NC(=O)c1ccc3c(c1)OCO3)CSC2)NCC1CCCO1. The third kappa shape index (κ3) is 3.84. The molecule has 0 spiro atoms. The summed E-state index contributed by atoms with van der Waals surface area (Å²) in [6.07, 6.45) is 2.07. The van der Waals surface area contributed by atoms with Gasteiger partial charge in [0.2, 0.25) is 12.7 Å². The predicted octanol–water partition coefficient (Wildman–Crippen LogP) is 1.91. The summed E-state index contributed by atoms with van der Waals surface area (Å²) in [5, 5.41) is 10.4. The Morgan fingerprint density at radius 2 is 2.13 bits per heavy atom. The minimum absolute atomic E-state index is 0.0428. The second-order valence-corrected chi connectivity index (χ2v) is 8.37. The Labute approximate surface area is 177 Å². The largest absolute Gasteiger partial charge is 0.454 e. The first-order valence-electron chi connectivity index (χ1n) is 9.93. The molecule has 2 N–H and O–H groups in total. The van der Waals surface area contributed by atoms with Gasteiger partial charge in [0, 0.05) is 35.8 Å². The highest BCUT2D eigenvalue weighted by molar-refractivity contribution is 7.98. The summed E-state index contributed by atoms with van der Waals surface area (Å²) in [5.41, 5.74) is 2.34. The summed E-state index contributed by atoms with van der Waals surface area (Å²) >= 11 is 1.74. The molecule has 0 aliphatic carbocycles. The Balaban J connectivity index is 1.30. The first kappa shape index (κ1) is 19.3. The molecular formula is C20H22N4O5S. The smallest absolute Gasteiger partial charge is 0.256 e. The van der Waals surface area contributed by atoms with Crippen molar-refractivity contribution in [3.8, 4) is 11.5 Å². The average Bonchev–Trinajstić information content (AvgIpc) is 3.52. The number of amides is 2. The highest BCUT2D eigenvalue weighted by Crippen LogP contribution is 2.36. The molecule has 3 aliphatic heterocycles. The van der Waals surface area contributed by atoms with Gasteiger partial charge in [-0.25, -0.2) is 4.68 Å². The van der Waals surface area contributed by atoms with E-state index in [1.54, 1.807) is 34.6 Å². The van der Waals surface area contributed by atoms with Crippen molar-refractivity contribution in [1.29, 1.82) is 0 Å². The molecule has 1 aromatic carbocycles. The Bertz CT molecular complexity index is 986. The molecule has 1 fully saturated rings. The van der Waals surface area contributed by atoms with E-state index in [1.165, 1.54) is 0 Å². The fraction of sp³-hybridized carbons (Fsp3) is 0.450. The van der Waals surface area contributed by atoms with Crippen molar-refractivity contribution >= 4 is 29.4 Å². The number of hydrogen-bond acceptors (Lipinski definition) is 7. The highest BCUT2D eigenvalue weighted by Gasteiger charge is 2.26. The second kappa shape index (κ2) is 8.19. The van der Waals surface area contributed by atoms with Crippen LogP contribution >= 0.6 is 11.8 Å². The van der Waals surface area contributed by atoms with Crippen molar-refractivity contribution < 1.29 is 23.8 Å². The molecule has 0 radical (unpaired) electrons. The third-order valence-electron chi connectivity index (χ3n) is 5.33. The molecule has 2 aromatic rings. The van der Waals surface area contributed by atoms with Crippen molar-refractivity contribution in [2.45, 2.75) is 37.0 Å². The fourth-order valence-electron chi connectivity index (χ4n) is 3.76. The molecule has 3 aliphatic rings. The molecule has 1 unspecified atom stereocenters. The summed E-state index contributed by atoms with van der Waals surface area (Å²) < 4.78 is 17.8. The van der Waals surface area contributed by atoms with Crippen molar-refractivity contribution in [3.05, 3.63) is 35.0 Å². The lowest BCUT2D eigenvalue weighted by molar-refractivity contribution is -0.122. The number of benzene rings is 1. The number of rotatable bonds is 6. The van der Waals surface area contributed by atoms with E-state index in [4.69, 9.17) is 14.2 Å². The molecule has 10 heteroatoms. The van der Waals surface area contributed by atoms with Crippen LogP contribution in [-0.4, -0.2) is 47.6 Å². The lowest BCUT2D eigenvalue weighted by Crippen LogP contribution is -2.34. The normalized spacial score (nSPS) is 19.0. The number of fused-ring (bicyclic) bond motifs is 2. The summed E-state index contributed by atoms with van der Waals surface area (Å²) in [4.78, 5) is 25.3. The number of hydrogen-bond donors (Lipinski definition) is 2. The number of carbonyl (C=O) groups is 2. The number of aromatic nitrogens is 2. The molecular weight excluding hydrogens is 408 g/mol. The van der Waals surface area contributed by atoms with E-state index in [9.17, 15) is 9.59 Å². The van der Waals surface area contributed by atoms with Crippen LogP contribution in [0.4, 0.5) is 5.82 Å². The van der Waals surface area contributed by atoms with Crippen LogP contribution in [0.3, 0.4) is 0 Å². The van der Waals surface area contributed by atoms with Gasteiger partial charge in [0.1, 0.15) is 12.4 Å². The van der Waals surface area contributed by atoms with Gasteiger partial charge in [0.25, 0.3) is 5.91 Å². The maximum absolute atomic E-state index is 12.9. The van der Waals surface area contributed by atoms with Crippen LogP contribution in [0.2, 0.25) is 0 Å². The van der Waals surface area contributed by atoms with E-state index >= 15 is 0 Å². The van der Waals surface area contributed by atoms with Crippen LogP contribution in [0, 0.1) is 0 Å². The Morgan fingerprint density at radius 1 is 1.23 bits per heavy atom. The van der Waals surface area contributed by atoms with E-state index in [-0.39, 0.29) is 31.3 Å². The standard InChI is InChI=1S/C20H22N4O5S/c25-18(21-7-13-2-1-5-27-13)8-24-19(14-9-30-10-15(14)23-24)22-20(26)12-3-4-16-17(6-12)29-11-28-16/h3-4,6,13H,1-2,5,7-11H2,(H,21,25)(H,22,26). The van der Waals surface area contributed by atoms with Crippen molar-refractivity contribution in [2.75, 3.05) is 25.3 Å². The van der Waals surface area contributed by atoms with Gasteiger partial charge in [0.15, 0.2) is 11.5 Å². The third-order valence-corrected chi connectivity index (χ3v) is 6.30. The summed E-state index contributed by atoms with van der Waals surface area (Å²) in [5.74, 6) is 2.83. The summed E-state index contributed by atoms with van der Waals surface area (Å²) in [7, 11) is 0. The topological polar surface area (TPSA) is 104 Å². The van der Waals surface area contributed by atoms with E-state index in [0.29, 0.717) is 29.4 Å². The summed E-state index contributed by atoms with van der Waals surface area (Å²) in [6, 6.07) is 5.06. The van der Waals surface area contributed by atoms with Crippen molar-refractivity contribution in [1.82, 2.24) is 15.1 Å². The zero-order valence-electron chi connectivity index (χ0n) is 16.3. The zero-order valence-corrected chi connectivity index (χ0v) is 17.1. The molecule has 4 heterocycles. The molecule has 2 amide bonds. The van der Waals surface area contributed by atoms with Crippen molar-refractivity contribution in [3.63, 3.8) is 0 Å². The Hall–Kier alpha value is -2.72. The van der Waals surface area contributed by atoms with E-state index in [2.05, 4.69) is 15.7 Å². The number of nitrogens with one attached hydrogen (secondary N) is 2. The van der Waals surface area contributed by atoms with Gasteiger partial charge < -0.3 is 24.8 Å². The first-order valence-corrected chi connectivity index (χ1v) is 11.1. The molecule has 1 aromatic heterocycles. The number of carbonyl (C=O) groups excluding carboxylic acids is 2. The molecule has 1 saturated heterocycles. The first-order chi connectivity index (χ1) is 14.7. The average molecular weight is 430 g/mol. The number of anilines is 1. The number of nitrogens with zero attached hydrogens (tertiary/aromatic N) is 2. The van der Waals surface area contributed by atoms with Crippen molar-refractivity contribution in [2.24, 2.45) is 0 Å². The van der Waals surface area contributed by atoms with Gasteiger partial charge in [-0.3, -0.25) is 9.59 Å². The fourth-order valence-corrected chi connectivity index (χ4v) is 4.80. The lowest BCUT2D eigenvalue weighted by atomic mass is 10.2. The van der Waals surface area contributed by atoms with E-state index < -0.39 is 0 Å². The molecule has 5 rings (SSSR count). The quantitative estimate of drug-likeness (QED) is 0.721. The Kier molecular flexibility index (Phi) is 5.26. The lowest BCUT2D eigenvalue weighted by Gasteiger charge is -2.13. The molecule has 0 saturated carbocycles. The molecule has 158 valence electrons. The maximum atomic E-state index is 12.9. The van der Waals surface area contributed by atoms with Gasteiger partial charge in [-0.2, -0.15) is 16.9 Å². The second-order valence-electron chi connectivity index (χ2n) is 7.39. The van der Waals surface area contributed by atoms with Gasteiger partial charge in [-0.15, -0.1) is 0 Å². The number of thioether (sulfide) groups is 1. The minimum Gasteiger partial charge on any atom is -0.454 e. The summed E-state index contributed by atoms with van der Waals surface area (Å²) in [6.45, 7) is 1.44. The molecule has 1 atom stereocenters. The van der Waals surface area contributed by atoms with Gasteiger partial charge in [-0.1, -0.05) is 0 Å². The molecule has 30 heavy (non-hydrogen) atoms. The number of ether oxygens (including phenoxy) is 3. The van der Waals surface area contributed by atoms with Gasteiger partial charge in [-0.05, 0) is 31.0 Å². The maximum Gasteiger partial charge on any atom is 0.256 e. The predicted molar refractivity (Wildman–Crippen MR) is 110 cm³/mol. The van der Waals surface area contributed by atoms with E-state index in [0.717, 1.165) is 42.2 Å². The van der Waals surface area contributed by atoms with Crippen LogP contribution in [0.15, 0.2) is 18.2 Å². The van der Waals surface area contributed by atoms with Crippen LogP contribution in [0.5, 0.6) is 11.5 Å². The molecule has 0 bridgehead atoms. The monoisotopic (exact) mass is 430 g/mol. The van der Waals surface area contributed by atoms with Gasteiger partial charge in [0.05, 0.1) is 11.8 Å². The van der Waals surface area contributed by atoms with Crippen LogP contribution in [-0.2, 0) is 27.6 Å². The Morgan fingerprint density at radius 3 is 3.00 bits per heavy atom. The highest BCUT2D eigenvalue weighted by atomic mass is 32.2. The molecule has 9 nitrogen and oxygen atoms in total. The van der Waals surface area contributed by atoms with Crippen LogP contribution < -0.4 is 20.1 Å².